The van der Waals surface area contributed by atoms with Crippen LogP contribution in [0.1, 0.15) is 37.2 Å². The van der Waals surface area contributed by atoms with E-state index in [-0.39, 0.29) is 18.3 Å². The first-order valence-electron chi connectivity index (χ1n) is 5.67. The van der Waals surface area contributed by atoms with Crippen molar-refractivity contribution in [3.8, 4) is 0 Å². The van der Waals surface area contributed by atoms with Crippen LogP contribution in [0.4, 0.5) is 4.39 Å². The van der Waals surface area contributed by atoms with Gasteiger partial charge in [0.2, 0.25) is 0 Å². The molecule has 1 N–H and O–H groups in total. The van der Waals surface area contributed by atoms with Crippen molar-refractivity contribution >= 4 is 0 Å². The van der Waals surface area contributed by atoms with Crippen LogP contribution in [-0.4, -0.2) is 11.7 Å². The largest absolute Gasteiger partial charge is 0.396 e. The van der Waals surface area contributed by atoms with E-state index in [4.69, 9.17) is 0 Å². The summed E-state index contributed by atoms with van der Waals surface area (Å²) in [5, 5.41) is 9.41. The van der Waals surface area contributed by atoms with E-state index in [9.17, 15) is 9.50 Å². The van der Waals surface area contributed by atoms with Gasteiger partial charge in [0.1, 0.15) is 5.82 Å². The maximum Gasteiger partial charge on any atom is 0.123 e. The fourth-order valence-electron chi connectivity index (χ4n) is 2.62. The van der Waals surface area contributed by atoms with Crippen LogP contribution in [0.3, 0.4) is 0 Å². The Bertz CT molecular complexity index is 318. The van der Waals surface area contributed by atoms with Gasteiger partial charge in [0.05, 0.1) is 6.61 Å². The van der Waals surface area contributed by atoms with Gasteiger partial charge in [0.25, 0.3) is 0 Å². The van der Waals surface area contributed by atoms with Gasteiger partial charge in [-0.3, -0.25) is 0 Å². The Morgan fingerprint density at radius 2 is 2.07 bits per heavy atom. The number of halogens is 1. The SMILES string of the molecule is OCC(c1cccc(F)c1)C1CCCC1. The quantitative estimate of drug-likeness (QED) is 0.809. The molecule has 1 unspecified atom stereocenters. The van der Waals surface area contributed by atoms with E-state index in [2.05, 4.69) is 0 Å². The second-order valence-corrected chi connectivity index (χ2v) is 4.39. The molecule has 1 atom stereocenters. The summed E-state index contributed by atoms with van der Waals surface area (Å²) in [6, 6.07) is 6.65. The molecule has 1 nitrogen and oxygen atoms in total. The molecule has 1 fully saturated rings. The highest BCUT2D eigenvalue weighted by Gasteiger charge is 2.25. The van der Waals surface area contributed by atoms with Crippen molar-refractivity contribution in [2.75, 3.05) is 6.61 Å². The van der Waals surface area contributed by atoms with Gasteiger partial charge in [-0.15, -0.1) is 0 Å². The molecule has 0 saturated heterocycles. The molecule has 0 heterocycles. The lowest BCUT2D eigenvalue weighted by Gasteiger charge is -2.21. The third kappa shape index (κ3) is 2.37. The molecule has 0 bridgehead atoms. The molecule has 0 aromatic heterocycles. The Hall–Kier alpha value is -0.890. The molecule has 1 aliphatic rings. The molecule has 1 aliphatic carbocycles. The number of aliphatic hydroxyl groups is 1. The highest BCUT2D eigenvalue weighted by molar-refractivity contribution is 5.21. The van der Waals surface area contributed by atoms with Gasteiger partial charge in [-0.1, -0.05) is 25.0 Å². The minimum absolute atomic E-state index is 0.128. The van der Waals surface area contributed by atoms with E-state index in [1.54, 1.807) is 12.1 Å². The van der Waals surface area contributed by atoms with Crippen molar-refractivity contribution in [1.82, 2.24) is 0 Å². The third-order valence-corrected chi connectivity index (χ3v) is 3.44. The molecule has 82 valence electrons. The van der Waals surface area contributed by atoms with E-state index >= 15 is 0 Å². The predicted octanol–water partition coefficient (Wildman–Crippen LogP) is 3.09. The van der Waals surface area contributed by atoms with E-state index < -0.39 is 0 Å². The number of aliphatic hydroxyl groups excluding tert-OH is 1. The maximum atomic E-state index is 13.1. The molecular weight excluding hydrogens is 191 g/mol. The monoisotopic (exact) mass is 208 g/mol. The average Bonchev–Trinajstić information content (AvgIpc) is 2.72. The molecule has 0 amide bonds. The summed E-state index contributed by atoms with van der Waals surface area (Å²) in [6.45, 7) is 0.133. The summed E-state index contributed by atoms with van der Waals surface area (Å²) < 4.78 is 13.1. The number of hydrogen-bond donors (Lipinski definition) is 1. The van der Waals surface area contributed by atoms with Crippen LogP contribution < -0.4 is 0 Å². The zero-order valence-corrected chi connectivity index (χ0v) is 8.82. The van der Waals surface area contributed by atoms with Crippen LogP contribution in [0.2, 0.25) is 0 Å². The molecule has 2 rings (SSSR count). The first-order valence-corrected chi connectivity index (χ1v) is 5.67. The van der Waals surface area contributed by atoms with Crippen molar-refractivity contribution in [3.63, 3.8) is 0 Å². The zero-order valence-electron chi connectivity index (χ0n) is 8.82. The first-order chi connectivity index (χ1) is 7.31. The Kier molecular flexibility index (Phi) is 3.37. The van der Waals surface area contributed by atoms with Crippen molar-refractivity contribution < 1.29 is 9.50 Å². The van der Waals surface area contributed by atoms with Crippen LogP contribution in [-0.2, 0) is 0 Å². The Morgan fingerprint density at radius 1 is 1.33 bits per heavy atom. The lowest BCUT2D eigenvalue weighted by Crippen LogP contribution is -2.14. The maximum absolute atomic E-state index is 13.1. The van der Waals surface area contributed by atoms with E-state index in [1.807, 2.05) is 6.07 Å². The highest BCUT2D eigenvalue weighted by Crippen LogP contribution is 2.37. The molecule has 0 spiro atoms. The fraction of sp³-hybridized carbons (Fsp3) is 0.538. The van der Waals surface area contributed by atoms with Gasteiger partial charge in [0, 0.05) is 5.92 Å². The van der Waals surface area contributed by atoms with E-state index in [0.29, 0.717) is 5.92 Å². The molecular formula is C13H17FO. The van der Waals surface area contributed by atoms with Gasteiger partial charge in [0.15, 0.2) is 0 Å². The van der Waals surface area contributed by atoms with Crippen molar-refractivity contribution in [3.05, 3.63) is 35.6 Å². The summed E-state index contributed by atoms with van der Waals surface area (Å²) in [5.41, 5.74) is 0.949. The molecule has 1 aromatic rings. The van der Waals surface area contributed by atoms with Gasteiger partial charge in [-0.2, -0.15) is 0 Å². The summed E-state index contributed by atoms with van der Waals surface area (Å²) in [6.07, 6.45) is 4.83. The van der Waals surface area contributed by atoms with Gasteiger partial charge < -0.3 is 5.11 Å². The van der Waals surface area contributed by atoms with Crippen LogP contribution in [0.25, 0.3) is 0 Å². The predicted molar refractivity (Wildman–Crippen MR) is 58.2 cm³/mol. The number of hydrogen-bond acceptors (Lipinski definition) is 1. The van der Waals surface area contributed by atoms with Crippen LogP contribution in [0, 0.1) is 11.7 Å². The lowest BCUT2D eigenvalue weighted by atomic mass is 9.85. The molecule has 0 aliphatic heterocycles. The second kappa shape index (κ2) is 4.75. The van der Waals surface area contributed by atoms with Crippen molar-refractivity contribution in [2.45, 2.75) is 31.6 Å². The first kappa shape index (κ1) is 10.6. The van der Waals surface area contributed by atoms with Gasteiger partial charge in [-0.25, -0.2) is 4.39 Å². The van der Waals surface area contributed by atoms with Gasteiger partial charge in [-0.05, 0) is 36.5 Å². The third-order valence-electron chi connectivity index (χ3n) is 3.44. The molecule has 1 saturated carbocycles. The van der Waals surface area contributed by atoms with Crippen LogP contribution in [0.5, 0.6) is 0 Å². The molecule has 1 aromatic carbocycles. The summed E-state index contributed by atoms with van der Waals surface area (Å²) in [5.74, 6) is 0.462. The normalized spacial score (nSPS) is 19.3. The number of rotatable bonds is 3. The zero-order chi connectivity index (χ0) is 10.7. The van der Waals surface area contributed by atoms with Crippen molar-refractivity contribution in [2.24, 2.45) is 5.92 Å². The van der Waals surface area contributed by atoms with Crippen LogP contribution >= 0.6 is 0 Å². The highest BCUT2D eigenvalue weighted by atomic mass is 19.1. The average molecular weight is 208 g/mol. The lowest BCUT2D eigenvalue weighted by molar-refractivity contribution is 0.225. The Labute approximate surface area is 89.9 Å². The van der Waals surface area contributed by atoms with E-state index in [0.717, 1.165) is 5.56 Å². The molecule has 2 heteroatoms. The topological polar surface area (TPSA) is 20.2 Å². The minimum Gasteiger partial charge on any atom is -0.396 e. The summed E-state index contributed by atoms with van der Waals surface area (Å²) in [7, 11) is 0. The Morgan fingerprint density at radius 3 is 2.67 bits per heavy atom. The van der Waals surface area contributed by atoms with Gasteiger partial charge >= 0.3 is 0 Å². The fourth-order valence-corrected chi connectivity index (χ4v) is 2.62. The standard InChI is InChI=1S/C13H17FO/c14-12-7-3-6-11(8-12)13(9-15)10-4-1-2-5-10/h3,6-8,10,13,15H,1-2,4-5,9H2. The summed E-state index contributed by atoms with van der Waals surface area (Å²) >= 11 is 0. The Balaban J connectivity index is 2.18. The molecule has 15 heavy (non-hydrogen) atoms. The smallest absolute Gasteiger partial charge is 0.123 e. The van der Waals surface area contributed by atoms with Crippen molar-refractivity contribution in [1.29, 1.82) is 0 Å². The summed E-state index contributed by atoms with van der Waals surface area (Å²) in [4.78, 5) is 0. The molecule has 0 radical (unpaired) electrons. The number of benzene rings is 1. The minimum atomic E-state index is -0.205. The van der Waals surface area contributed by atoms with E-state index in [1.165, 1.54) is 31.7 Å². The van der Waals surface area contributed by atoms with Crippen LogP contribution in [0.15, 0.2) is 24.3 Å². The second-order valence-electron chi connectivity index (χ2n) is 4.39.